The number of anilines is 1. The fourth-order valence-corrected chi connectivity index (χ4v) is 3.15. The zero-order valence-corrected chi connectivity index (χ0v) is 16.1. The number of methoxy groups -OCH3 is 2. The molecule has 1 aromatic carbocycles. The first kappa shape index (κ1) is 20.8. The predicted molar refractivity (Wildman–Crippen MR) is 100 cm³/mol. The lowest BCUT2D eigenvalue weighted by molar-refractivity contribution is -0.143. The lowest BCUT2D eigenvalue weighted by atomic mass is 9.91. The van der Waals surface area contributed by atoms with E-state index in [1.54, 1.807) is 30.2 Å². The summed E-state index contributed by atoms with van der Waals surface area (Å²) in [7, 11) is 3.17. The van der Waals surface area contributed by atoms with E-state index in [9.17, 15) is 14.7 Å². The van der Waals surface area contributed by atoms with E-state index >= 15 is 0 Å². The molecule has 1 fully saturated rings. The van der Waals surface area contributed by atoms with E-state index in [4.69, 9.17) is 14.2 Å². The van der Waals surface area contributed by atoms with Crippen LogP contribution >= 0.6 is 0 Å². The van der Waals surface area contributed by atoms with Gasteiger partial charge in [-0.3, -0.25) is 4.79 Å². The van der Waals surface area contributed by atoms with Crippen molar-refractivity contribution in [2.24, 2.45) is 11.8 Å². The standard InChI is InChI=1S/C19H28N2O6/c1-13-9-14(18(22)23)12-21(11-13)19(24)20-15-5-6-16(17(10-15)26-3)27-8-4-7-25-2/h5-6,10,13-14H,4,7-9,11-12H2,1-3H3,(H,20,24)(H,22,23). The Bertz CT molecular complexity index is 651. The Hall–Kier alpha value is -2.48. The van der Waals surface area contributed by atoms with Gasteiger partial charge in [-0.1, -0.05) is 6.92 Å². The molecular formula is C19H28N2O6. The highest BCUT2D eigenvalue weighted by molar-refractivity contribution is 5.90. The highest BCUT2D eigenvalue weighted by Crippen LogP contribution is 2.31. The molecule has 2 atom stereocenters. The van der Waals surface area contributed by atoms with Crippen molar-refractivity contribution >= 4 is 17.7 Å². The number of carboxylic acids is 1. The number of ether oxygens (including phenoxy) is 3. The number of rotatable bonds is 8. The van der Waals surface area contributed by atoms with Gasteiger partial charge in [-0.05, 0) is 24.5 Å². The van der Waals surface area contributed by atoms with Gasteiger partial charge in [0.2, 0.25) is 0 Å². The number of carbonyl (C=O) groups excluding carboxylic acids is 1. The van der Waals surface area contributed by atoms with Gasteiger partial charge in [0.25, 0.3) is 0 Å². The van der Waals surface area contributed by atoms with Crippen LogP contribution in [0.25, 0.3) is 0 Å². The van der Waals surface area contributed by atoms with Crippen molar-refractivity contribution in [1.29, 1.82) is 0 Å². The van der Waals surface area contributed by atoms with Crippen molar-refractivity contribution in [2.75, 3.05) is 45.8 Å². The molecule has 150 valence electrons. The van der Waals surface area contributed by atoms with E-state index < -0.39 is 11.9 Å². The summed E-state index contributed by atoms with van der Waals surface area (Å²) in [5, 5.41) is 12.1. The van der Waals surface area contributed by atoms with Gasteiger partial charge in [0.05, 0.1) is 19.6 Å². The molecule has 27 heavy (non-hydrogen) atoms. The average molecular weight is 380 g/mol. The summed E-state index contributed by atoms with van der Waals surface area (Å²) >= 11 is 0. The van der Waals surface area contributed by atoms with Gasteiger partial charge in [-0.15, -0.1) is 0 Å². The first-order valence-corrected chi connectivity index (χ1v) is 9.03. The summed E-state index contributed by atoms with van der Waals surface area (Å²) in [6.07, 6.45) is 1.35. The number of hydrogen-bond acceptors (Lipinski definition) is 5. The van der Waals surface area contributed by atoms with Crippen LogP contribution in [-0.4, -0.2) is 62.5 Å². The van der Waals surface area contributed by atoms with Crippen LogP contribution in [0.4, 0.5) is 10.5 Å². The molecule has 1 aromatic rings. The Balaban J connectivity index is 1.99. The third kappa shape index (κ3) is 6.02. The van der Waals surface area contributed by atoms with E-state index in [1.807, 2.05) is 6.92 Å². The van der Waals surface area contributed by atoms with E-state index in [0.717, 1.165) is 6.42 Å². The third-order valence-electron chi connectivity index (χ3n) is 4.46. The van der Waals surface area contributed by atoms with E-state index in [1.165, 1.54) is 7.11 Å². The first-order valence-electron chi connectivity index (χ1n) is 9.03. The number of amides is 2. The number of aliphatic carboxylic acids is 1. The highest BCUT2D eigenvalue weighted by Gasteiger charge is 2.32. The largest absolute Gasteiger partial charge is 0.493 e. The second-order valence-corrected chi connectivity index (χ2v) is 6.77. The van der Waals surface area contributed by atoms with Gasteiger partial charge in [-0.25, -0.2) is 4.79 Å². The van der Waals surface area contributed by atoms with Crippen molar-refractivity contribution in [3.8, 4) is 11.5 Å². The van der Waals surface area contributed by atoms with Crippen molar-refractivity contribution < 1.29 is 28.9 Å². The van der Waals surface area contributed by atoms with Crippen LogP contribution in [0.3, 0.4) is 0 Å². The molecule has 8 heteroatoms. The Labute approximate surface area is 159 Å². The van der Waals surface area contributed by atoms with Gasteiger partial charge in [0.15, 0.2) is 11.5 Å². The Morgan fingerprint density at radius 1 is 1.22 bits per heavy atom. The molecule has 1 heterocycles. The number of hydrogen-bond donors (Lipinski definition) is 2. The summed E-state index contributed by atoms with van der Waals surface area (Å²) in [5.74, 6) is -0.152. The molecule has 2 amide bonds. The third-order valence-corrected chi connectivity index (χ3v) is 4.46. The summed E-state index contributed by atoms with van der Waals surface area (Å²) in [6, 6.07) is 4.84. The van der Waals surface area contributed by atoms with Crippen LogP contribution in [0.5, 0.6) is 11.5 Å². The Morgan fingerprint density at radius 3 is 2.67 bits per heavy atom. The maximum Gasteiger partial charge on any atom is 0.321 e. The minimum absolute atomic E-state index is 0.142. The van der Waals surface area contributed by atoms with E-state index in [0.29, 0.717) is 43.4 Å². The van der Waals surface area contributed by atoms with Crippen molar-refractivity contribution in [3.63, 3.8) is 0 Å². The maximum absolute atomic E-state index is 12.5. The van der Waals surface area contributed by atoms with Gasteiger partial charge in [-0.2, -0.15) is 0 Å². The minimum Gasteiger partial charge on any atom is -0.493 e. The van der Waals surface area contributed by atoms with Gasteiger partial charge < -0.3 is 29.5 Å². The molecule has 2 N–H and O–H groups in total. The van der Waals surface area contributed by atoms with Gasteiger partial charge in [0.1, 0.15) is 0 Å². The molecule has 0 aliphatic carbocycles. The molecule has 1 aliphatic rings. The smallest absolute Gasteiger partial charge is 0.321 e. The Kier molecular flexibility index (Phi) is 7.72. The summed E-state index contributed by atoms with van der Waals surface area (Å²) in [6.45, 7) is 3.81. The Morgan fingerprint density at radius 2 is 2.00 bits per heavy atom. The van der Waals surface area contributed by atoms with E-state index in [-0.39, 0.29) is 18.5 Å². The van der Waals surface area contributed by atoms with Gasteiger partial charge in [0, 0.05) is 45.0 Å². The molecular weight excluding hydrogens is 352 g/mol. The second-order valence-electron chi connectivity index (χ2n) is 6.77. The SMILES string of the molecule is COCCCOc1ccc(NC(=O)N2CC(C)CC(C(=O)O)C2)cc1OC. The quantitative estimate of drug-likeness (QED) is 0.673. The average Bonchev–Trinajstić information content (AvgIpc) is 2.65. The van der Waals surface area contributed by atoms with Crippen LogP contribution in [0.15, 0.2) is 18.2 Å². The fourth-order valence-electron chi connectivity index (χ4n) is 3.15. The monoisotopic (exact) mass is 380 g/mol. The summed E-state index contributed by atoms with van der Waals surface area (Å²) in [5.41, 5.74) is 0.561. The summed E-state index contributed by atoms with van der Waals surface area (Å²) < 4.78 is 16.0. The number of likely N-dealkylation sites (tertiary alicyclic amines) is 1. The number of benzene rings is 1. The first-order chi connectivity index (χ1) is 12.9. The van der Waals surface area contributed by atoms with Crippen molar-refractivity contribution in [1.82, 2.24) is 4.90 Å². The number of piperidine rings is 1. The number of urea groups is 1. The molecule has 8 nitrogen and oxygen atoms in total. The van der Waals surface area contributed by atoms with Crippen LogP contribution in [0, 0.1) is 11.8 Å². The normalized spacial score (nSPS) is 19.4. The number of carboxylic acid groups (broad SMARTS) is 1. The second kappa shape index (κ2) is 10.0. The molecule has 0 bridgehead atoms. The zero-order chi connectivity index (χ0) is 19.8. The molecule has 2 rings (SSSR count). The van der Waals surface area contributed by atoms with E-state index in [2.05, 4.69) is 5.32 Å². The number of nitrogens with zero attached hydrogens (tertiary/aromatic N) is 1. The molecule has 0 aromatic heterocycles. The maximum atomic E-state index is 12.5. The molecule has 2 unspecified atom stereocenters. The topological polar surface area (TPSA) is 97.3 Å². The van der Waals surface area contributed by atoms with Crippen molar-refractivity contribution in [3.05, 3.63) is 18.2 Å². The van der Waals surface area contributed by atoms with Crippen LogP contribution < -0.4 is 14.8 Å². The molecule has 0 radical (unpaired) electrons. The highest BCUT2D eigenvalue weighted by atomic mass is 16.5. The predicted octanol–water partition coefficient (Wildman–Crippen LogP) is 2.69. The zero-order valence-electron chi connectivity index (χ0n) is 16.1. The lowest BCUT2D eigenvalue weighted by Gasteiger charge is -2.34. The van der Waals surface area contributed by atoms with Crippen LogP contribution in [-0.2, 0) is 9.53 Å². The number of nitrogens with one attached hydrogen (secondary N) is 1. The molecule has 1 aliphatic heterocycles. The minimum atomic E-state index is -0.865. The van der Waals surface area contributed by atoms with Crippen molar-refractivity contribution in [2.45, 2.75) is 19.8 Å². The summed E-state index contributed by atoms with van der Waals surface area (Å²) in [4.78, 5) is 25.4. The van der Waals surface area contributed by atoms with Gasteiger partial charge >= 0.3 is 12.0 Å². The van der Waals surface area contributed by atoms with Crippen LogP contribution in [0.1, 0.15) is 19.8 Å². The van der Waals surface area contributed by atoms with Crippen LogP contribution in [0.2, 0.25) is 0 Å². The molecule has 0 saturated carbocycles. The fraction of sp³-hybridized carbons (Fsp3) is 0.579. The molecule has 1 saturated heterocycles. The molecule has 0 spiro atoms. The number of carbonyl (C=O) groups is 2. The lowest BCUT2D eigenvalue weighted by Crippen LogP contribution is -2.47.